The first-order chi connectivity index (χ1) is 9.61. The van der Waals surface area contributed by atoms with Crippen LogP contribution in [-0.2, 0) is 4.79 Å². The molecular weight excluding hydrogens is 256 g/mol. The summed E-state index contributed by atoms with van der Waals surface area (Å²) in [7, 11) is 0. The molecule has 0 aromatic heterocycles. The van der Waals surface area contributed by atoms with Gasteiger partial charge in [-0.3, -0.25) is 4.79 Å². The van der Waals surface area contributed by atoms with Gasteiger partial charge in [-0.05, 0) is 55.1 Å². The maximum atomic E-state index is 12.0. The number of piperidine rings is 1. The van der Waals surface area contributed by atoms with Gasteiger partial charge >= 0.3 is 0 Å². The third-order valence-corrected chi connectivity index (χ3v) is 3.52. The minimum absolute atomic E-state index is 0.0394. The highest BCUT2D eigenvalue weighted by molar-refractivity contribution is 5.92. The number of benzene rings is 1. The predicted molar refractivity (Wildman–Crippen MR) is 77.8 cm³/mol. The van der Waals surface area contributed by atoms with E-state index in [9.17, 15) is 14.8 Å². The van der Waals surface area contributed by atoms with Crippen LogP contribution in [0.3, 0.4) is 0 Å². The van der Waals surface area contributed by atoms with Crippen molar-refractivity contribution >= 4 is 17.7 Å². The molecule has 0 bridgehead atoms. The summed E-state index contributed by atoms with van der Waals surface area (Å²) in [6, 6.07) is 2.96. The molecule has 0 aliphatic carbocycles. The van der Waals surface area contributed by atoms with Crippen LogP contribution < -0.4 is 0 Å². The Morgan fingerprint density at radius 3 is 2.65 bits per heavy atom. The molecule has 0 atom stereocenters. The maximum absolute atomic E-state index is 12.0. The quantitative estimate of drug-likeness (QED) is 0.680. The zero-order valence-corrected chi connectivity index (χ0v) is 11.5. The molecule has 1 aromatic rings. The summed E-state index contributed by atoms with van der Waals surface area (Å²) < 4.78 is 0. The molecule has 0 spiro atoms. The first-order valence-corrected chi connectivity index (χ1v) is 6.76. The molecule has 0 unspecified atom stereocenters. The Labute approximate surface area is 117 Å². The molecule has 1 aliphatic heterocycles. The monoisotopic (exact) mass is 274 g/mol. The molecule has 2 rings (SSSR count). The van der Waals surface area contributed by atoms with E-state index in [0.29, 0.717) is 11.1 Å². The van der Waals surface area contributed by atoms with Gasteiger partial charge in [-0.25, -0.2) is 0 Å². The van der Waals surface area contributed by atoms with E-state index in [1.54, 1.807) is 11.8 Å². The number of carbonyl (C=O) groups excluding carboxylic acids is 1. The number of nitrogens with zero attached hydrogens (tertiary/aromatic N) is 2. The summed E-state index contributed by atoms with van der Waals surface area (Å²) in [4.78, 5) is 24.4. The molecule has 0 radical (unpaired) electrons. The summed E-state index contributed by atoms with van der Waals surface area (Å²) in [5.74, 6) is -0.0251. The molecule has 106 valence electrons. The van der Waals surface area contributed by atoms with Gasteiger partial charge in [0.05, 0.1) is 0 Å². The van der Waals surface area contributed by atoms with Crippen molar-refractivity contribution in [3.05, 3.63) is 34.2 Å². The van der Waals surface area contributed by atoms with Crippen LogP contribution in [0.4, 0.5) is 5.69 Å². The van der Waals surface area contributed by atoms with E-state index < -0.39 is 0 Å². The zero-order valence-electron chi connectivity index (χ0n) is 11.5. The second-order valence-corrected chi connectivity index (χ2v) is 5.01. The molecule has 1 amide bonds. The predicted octanol–water partition coefficient (Wildman–Crippen LogP) is 3.12. The van der Waals surface area contributed by atoms with E-state index in [1.165, 1.54) is 30.7 Å². The summed E-state index contributed by atoms with van der Waals surface area (Å²) in [5, 5.41) is 12.7. The number of aromatic hydroxyl groups is 1. The van der Waals surface area contributed by atoms with Gasteiger partial charge in [0.25, 0.3) is 0 Å². The summed E-state index contributed by atoms with van der Waals surface area (Å²) in [6.45, 7) is 3.26. The van der Waals surface area contributed by atoms with Crippen LogP contribution in [0.15, 0.2) is 23.4 Å². The fourth-order valence-electron chi connectivity index (χ4n) is 2.31. The molecule has 0 saturated carbocycles. The molecule has 1 saturated heterocycles. The molecular formula is C15H18N2O3. The lowest BCUT2D eigenvalue weighted by Crippen LogP contribution is -2.34. The lowest BCUT2D eigenvalue weighted by molar-refractivity contribution is -0.126. The molecule has 1 N–H and O–H groups in total. The van der Waals surface area contributed by atoms with Crippen molar-refractivity contribution in [1.29, 1.82) is 0 Å². The minimum atomic E-state index is -0.0645. The van der Waals surface area contributed by atoms with E-state index >= 15 is 0 Å². The normalized spacial score (nSPS) is 15.6. The highest BCUT2D eigenvalue weighted by atomic mass is 16.3. The topological polar surface area (TPSA) is 70.0 Å². The van der Waals surface area contributed by atoms with Gasteiger partial charge in [-0.1, -0.05) is 0 Å². The number of phenols is 1. The Morgan fingerprint density at radius 2 is 2.00 bits per heavy atom. The third kappa shape index (κ3) is 3.23. The van der Waals surface area contributed by atoms with Crippen LogP contribution in [0.25, 0.3) is 6.08 Å². The van der Waals surface area contributed by atoms with E-state index in [2.05, 4.69) is 5.18 Å². The van der Waals surface area contributed by atoms with Gasteiger partial charge in [0.1, 0.15) is 11.4 Å². The van der Waals surface area contributed by atoms with Crippen molar-refractivity contribution in [2.24, 2.45) is 5.18 Å². The summed E-state index contributed by atoms with van der Waals surface area (Å²) in [5.41, 5.74) is 1.31. The van der Waals surface area contributed by atoms with E-state index in [4.69, 9.17) is 0 Å². The van der Waals surface area contributed by atoms with E-state index in [0.717, 1.165) is 25.9 Å². The van der Waals surface area contributed by atoms with Gasteiger partial charge in [-0.15, -0.1) is 4.91 Å². The Kier molecular flexibility index (Phi) is 4.50. The average Bonchev–Trinajstić information content (AvgIpc) is 2.47. The molecule has 1 heterocycles. The molecule has 5 nitrogen and oxygen atoms in total. The first-order valence-electron chi connectivity index (χ1n) is 6.76. The standard InChI is InChI=1S/C15H18N2O3/c1-11-9-14(18)12(10-13(11)16-20)5-6-15(19)17-7-3-2-4-8-17/h5-6,9-10,18H,2-4,7-8H2,1H3. The molecule has 5 heteroatoms. The fourth-order valence-corrected chi connectivity index (χ4v) is 2.31. The largest absolute Gasteiger partial charge is 0.507 e. The van der Waals surface area contributed by atoms with Crippen molar-refractivity contribution < 1.29 is 9.90 Å². The summed E-state index contributed by atoms with van der Waals surface area (Å²) >= 11 is 0. The molecule has 1 aliphatic rings. The van der Waals surface area contributed by atoms with Crippen molar-refractivity contribution in [1.82, 2.24) is 4.90 Å². The Hall–Kier alpha value is -2.17. The minimum Gasteiger partial charge on any atom is -0.507 e. The Bertz CT molecular complexity index is 546. The lowest BCUT2D eigenvalue weighted by atomic mass is 10.1. The first kappa shape index (κ1) is 14.2. The number of carbonyl (C=O) groups is 1. The second-order valence-electron chi connectivity index (χ2n) is 5.01. The van der Waals surface area contributed by atoms with Gasteiger partial charge in [0.2, 0.25) is 5.91 Å². The van der Waals surface area contributed by atoms with Crippen LogP contribution in [-0.4, -0.2) is 29.0 Å². The molecule has 20 heavy (non-hydrogen) atoms. The second kappa shape index (κ2) is 6.32. The molecule has 1 aromatic carbocycles. The number of amides is 1. The van der Waals surface area contributed by atoms with Crippen LogP contribution in [0.1, 0.15) is 30.4 Å². The van der Waals surface area contributed by atoms with E-state index in [-0.39, 0.29) is 17.3 Å². The van der Waals surface area contributed by atoms with Gasteiger partial charge in [0.15, 0.2) is 0 Å². The maximum Gasteiger partial charge on any atom is 0.246 e. The van der Waals surface area contributed by atoms with Crippen molar-refractivity contribution in [3.63, 3.8) is 0 Å². The van der Waals surface area contributed by atoms with Gasteiger partial charge in [0, 0.05) is 24.7 Å². The molecule has 1 fully saturated rings. The van der Waals surface area contributed by atoms with Crippen LogP contribution >= 0.6 is 0 Å². The third-order valence-electron chi connectivity index (χ3n) is 3.52. The van der Waals surface area contributed by atoms with Crippen LogP contribution in [0, 0.1) is 11.8 Å². The summed E-state index contributed by atoms with van der Waals surface area (Å²) in [6.07, 6.45) is 6.20. The number of rotatable bonds is 3. The number of hydrogen-bond acceptors (Lipinski definition) is 4. The van der Waals surface area contributed by atoms with E-state index in [1.807, 2.05) is 0 Å². The lowest BCUT2D eigenvalue weighted by Gasteiger charge is -2.25. The fraction of sp³-hybridized carbons (Fsp3) is 0.400. The van der Waals surface area contributed by atoms with Crippen molar-refractivity contribution in [3.8, 4) is 5.75 Å². The Morgan fingerprint density at radius 1 is 1.30 bits per heavy atom. The smallest absolute Gasteiger partial charge is 0.246 e. The number of aryl methyl sites for hydroxylation is 1. The zero-order chi connectivity index (χ0) is 14.5. The van der Waals surface area contributed by atoms with Gasteiger partial charge in [-0.2, -0.15) is 0 Å². The van der Waals surface area contributed by atoms with Crippen molar-refractivity contribution in [2.75, 3.05) is 13.1 Å². The number of likely N-dealkylation sites (tertiary alicyclic amines) is 1. The van der Waals surface area contributed by atoms with Crippen LogP contribution in [0.2, 0.25) is 0 Å². The number of phenolic OH excluding ortho intramolecular Hbond substituents is 1. The van der Waals surface area contributed by atoms with Crippen molar-refractivity contribution in [2.45, 2.75) is 26.2 Å². The van der Waals surface area contributed by atoms with Crippen LogP contribution in [0.5, 0.6) is 5.75 Å². The number of hydrogen-bond donors (Lipinski definition) is 1. The average molecular weight is 274 g/mol. The SMILES string of the molecule is Cc1cc(O)c(C=CC(=O)N2CCCCC2)cc1N=O. The Balaban J connectivity index is 2.14. The number of nitroso groups, excluding NO2 is 1. The van der Waals surface area contributed by atoms with Gasteiger partial charge < -0.3 is 10.0 Å². The highest BCUT2D eigenvalue weighted by Gasteiger charge is 2.14. The highest BCUT2D eigenvalue weighted by Crippen LogP contribution is 2.28.